The van der Waals surface area contributed by atoms with Crippen molar-refractivity contribution < 1.29 is 24.2 Å². The second-order valence-electron chi connectivity index (χ2n) is 5.86. The number of hydrogen-bond acceptors (Lipinski definition) is 6. The third kappa shape index (κ3) is 2.75. The molecule has 1 aromatic heterocycles. The molecule has 3 heterocycles. The van der Waals surface area contributed by atoms with Crippen molar-refractivity contribution in [3.63, 3.8) is 0 Å². The topological polar surface area (TPSA) is 102 Å². The molecule has 2 aromatic rings. The minimum Gasteiger partial charge on any atom is -0.476 e. The summed E-state index contributed by atoms with van der Waals surface area (Å²) >= 11 is 0. The number of hydrogen-bond donors (Lipinski definition) is 1. The van der Waals surface area contributed by atoms with Crippen molar-refractivity contribution in [2.24, 2.45) is 0 Å². The number of carbonyl (C=O) groups is 2. The van der Waals surface area contributed by atoms with Crippen molar-refractivity contribution in [3.05, 3.63) is 47.5 Å². The van der Waals surface area contributed by atoms with Crippen LogP contribution >= 0.6 is 0 Å². The van der Waals surface area contributed by atoms with Gasteiger partial charge in [-0.15, -0.1) is 0 Å². The maximum atomic E-state index is 12.8. The molecule has 8 heteroatoms. The fraction of sp³-hybridized carbons (Fsp3) is 0.294. The Morgan fingerprint density at radius 3 is 2.64 bits per heavy atom. The van der Waals surface area contributed by atoms with Crippen LogP contribution in [0.2, 0.25) is 0 Å². The zero-order valence-electron chi connectivity index (χ0n) is 13.2. The van der Waals surface area contributed by atoms with Gasteiger partial charge in [0.1, 0.15) is 5.69 Å². The number of benzene rings is 1. The summed E-state index contributed by atoms with van der Waals surface area (Å²) in [6.45, 7) is 0.817. The smallest absolute Gasteiger partial charge is 0.356 e. The Balaban J connectivity index is 1.58. The van der Waals surface area contributed by atoms with E-state index in [1.807, 2.05) is 18.2 Å². The van der Waals surface area contributed by atoms with Crippen LogP contribution in [-0.4, -0.2) is 45.2 Å². The molecule has 1 unspecified atom stereocenters. The zero-order valence-corrected chi connectivity index (χ0v) is 13.2. The number of rotatable bonds is 3. The SMILES string of the molecule is O=C(O)c1cnc(C(=O)N2CCCC2c2ccc3c(c2)OCO3)cn1. The Bertz CT molecular complexity index is 837. The van der Waals surface area contributed by atoms with E-state index in [1.165, 1.54) is 6.20 Å². The van der Waals surface area contributed by atoms with Gasteiger partial charge < -0.3 is 19.5 Å². The first-order chi connectivity index (χ1) is 12.1. The molecule has 0 saturated carbocycles. The highest BCUT2D eigenvalue weighted by Crippen LogP contribution is 2.39. The van der Waals surface area contributed by atoms with E-state index in [-0.39, 0.29) is 30.1 Å². The molecule has 0 radical (unpaired) electrons. The van der Waals surface area contributed by atoms with Crippen LogP contribution in [0.15, 0.2) is 30.6 Å². The normalized spacial score (nSPS) is 18.4. The van der Waals surface area contributed by atoms with Crippen molar-refractivity contribution in [2.75, 3.05) is 13.3 Å². The van der Waals surface area contributed by atoms with Crippen molar-refractivity contribution in [1.82, 2.24) is 14.9 Å². The van der Waals surface area contributed by atoms with Gasteiger partial charge in [-0.1, -0.05) is 6.07 Å². The second kappa shape index (κ2) is 6.04. The first-order valence-corrected chi connectivity index (χ1v) is 7.89. The van der Waals surface area contributed by atoms with Crippen LogP contribution < -0.4 is 9.47 Å². The molecule has 4 rings (SSSR count). The van der Waals surface area contributed by atoms with Crippen molar-refractivity contribution in [1.29, 1.82) is 0 Å². The summed E-state index contributed by atoms with van der Waals surface area (Å²) in [7, 11) is 0. The summed E-state index contributed by atoms with van der Waals surface area (Å²) in [5.74, 6) is -0.0485. The van der Waals surface area contributed by atoms with Crippen LogP contribution in [0.5, 0.6) is 11.5 Å². The number of carbonyl (C=O) groups excluding carboxylic acids is 1. The molecule has 8 nitrogen and oxygen atoms in total. The summed E-state index contributed by atoms with van der Waals surface area (Å²) in [4.78, 5) is 33.1. The summed E-state index contributed by atoms with van der Waals surface area (Å²) in [5, 5.41) is 8.87. The third-order valence-electron chi connectivity index (χ3n) is 4.39. The number of amides is 1. The molecule has 2 aliphatic heterocycles. The molecule has 1 saturated heterocycles. The molecule has 25 heavy (non-hydrogen) atoms. The van der Waals surface area contributed by atoms with Gasteiger partial charge in [0.05, 0.1) is 18.4 Å². The largest absolute Gasteiger partial charge is 0.476 e. The number of aromatic carboxylic acids is 1. The van der Waals surface area contributed by atoms with E-state index in [4.69, 9.17) is 14.6 Å². The van der Waals surface area contributed by atoms with E-state index in [2.05, 4.69) is 9.97 Å². The molecule has 1 fully saturated rings. The van der Waals surface area contributed by atoms with Gasteiger partial charge in [-0.25, -0.2) is 14.8 Å². The Kier molecular flexibility index (Phi) is 3.72. The number of carboxylic acid groups (broad SMARTS) is 1. The Hall–Kier alpha value is -3.16. The number of fused-ring (bicyclic) bond motifs is 1. The summed E-state index contributed by atoms with van der Waals surface area (Å²) in [6.07, 6.45) is 4.03. The highest BCUT2D eigenvalue weighted by atomic mass is 16.7. The van der Waals surface area contributed by atoms with Gasteiger partial charge >= 0.3 is 5.97 Å². The van der Waals surface area contributed by atoms with Gasteiger partial charge in [-0.2, -0.15) is 0 Å². The summed E-state index contributed by atoms with van der Waals surface area (Å²) in [6, 6.07) is 5.60. The number of ether oxygens (including phenoxy) is 2. The maximum Gasteiger partial charge on any atom is 0.356 e. The molecule has 0 bridgehead atoms. The Morgan fingerprint density at radius 2 is 1.88 bits per heavy atom. The lowest BCUT2D eigenvalue weighted by atomic mass is 10.0. The lowest BCUT2D eigenvalue weighted by molar-refractivity contribution is 0.0683. The Morgan fingerprint density at radius 1 is 1.12 bits per heavy atom. The molecule has 1 atom stereocenters. The molecule has 128 valence electrons. The third-order valence-corrected chi connectivity index (χ3v) is 4.39. The Labute approximate surface area is 143 Å². The van der Waals surface area contributed by atoms with Gasteiger partial charge in [0.15, 0.2) is 17.2 Å². The minimum absolute atomic E-state index is 0.0806. The molecule has 2 aliphatic rings. The molecular formula is C17H15N3O5. The number of nitrogens with zero attached hydrogens (tertiary/aromatic N) is 3. The molecule has 0 aliphatic carbocycles. The average Bonchev–Trinajstić information content (AvgIpc) is 3.29. The lowest BCUT2D eigenvalue weighted by Gasteiger charge is -2.24. The highest BCUT2D eigenvalue weighted by Gasteiger charge is 2.32. The number of carboxylic acids is 1. The van der Waals surface area contributed by atoms with Gasteiger partial charge in [0.2, 0.25) is 6.79 Å². The molecule has 1 aromatic carbocycles. The van der Waals surface area contributed by atoms with Gasteiger partial charge in [-0.3, -0.25) is 4.79 Å². The quantitative estimate of drug-likeness (QED) is 0.909. The van der Waals surface area contributed by atoms with Gasteiger partial charge in [0, 0.05) is 6.54 Å². The van der Waals surface area contributed by atoms with E-state index in [9.17, 15) is 9.59 Å². The maximum absolute atomic E-state index is 12.8. The van der Waals surface area contributed by atoms with Crippen LogP contribution in [0, 0.1) is 0 Å². The van der Waals surface area contributed by atoms with Crippen LogP contribution in [-0.2, 0) is 0 Å². The standard InChI is InChI=1S/C17H15N3O5/c21-16(11-7-19-12(8-18-11)17(22)23)20-5-1-2-13(20)10-3-4-14-15(6-10)25-9-24-14/h3-4,6-8,13H,1-2,5,9H2,(H,22,23). The zero-order chi connectivity index (χ0) is 17.4. The van der Waals surface area contributed by atoms with E-state index in [1.54, 1.807) is 4.90 Å². The van der Waals surface area contributed by atoms with Crippen LogP contribution in [0.3, 0.4) is 0 Å². The predicted molar refractivity (Wildman–Crippen MR) is 84.6 cm³/mol. The average molecular weight is 341 g/mol. The highest BCUT2D eigenvalue weighted by molar-refractivity contribution is 5.93. The van der Waals surface area contributed by atoms with E-state index in [0.717, 1.165) is 24.6 Å². The molecular weight excluding hydrogens is 326 g/mol. The summed E-state index contributed by atoms with van der Waals surface area (Å²) in [5.41, 5.74) is 0.924. The minimum atomic E-state index is -1.18. The molecule has 1 N–H and O–H groups in total. The van der Waals surface area contributed by atoms with E-state index in [0.29, 0.717) is 18.0 Å². The van der Waals surface area contributed by atoms with Gasteiger partial charge in [0.25, 0.3) is 5.91 Å². The van der Waals surface area contributed by atoms with Crippen molar-refractivity contribution in [3.8, 4) is 11.5 Å². The first kappa shape index (κ1) is 15.4. The molecule has 0 spiro atoms. The summed E-state index contributed by atoms with van der Waals surface area (Å²) < 4.78 is 10.7. The lowest BCUT2D eigenvalue weighted by Crippen LogP contribution is -2.31. The van der Waals surface area contributed by atoms with Crippen LogP contribution in [0.25, 0.3) is 0 Å². The first-order valence-electron chi connectivity index (χ1n) is 7.89. The second-order valence-corrected chi connectivity index (χ2v) is 5.86. The fourth-order valence-electron chi connectivity index (χ4n) is 3.17. The number of aromatic nitrogens is 2. The van der Waals surface area contributed by atoms with Crippen molar-refractivity contribution >= 4 is 11.9 Å². The molecule has 1 amide bonds. The fourth-order valence-corrected chi connectivity index (χ4v) is 3.17. The van der Waals surface area contributed by atoms with Gasteiger partial charge in [-0.05, 0) is 30.5 Å². The number of likely N-dealkylation sites (tertiary alicyclic amines) is 1. The van der Waals surface area contributed by atoms with E-state index >= 15 is 0 Å². The predicted octanol–water partition coefficient (Wildman–Crippen LogP) is 1.88. The van der Waals surface area contributed by atoms with Crippen molar-refractivity contribution in [2.45, 2.75) is 18.9 Å². The van der Waals surface area contributed by atoms with Crippen LogP contribution in [0.1, 0.15) is 45.4 Å². The van der Waals surface area contributed by atoms with Crippen LogP contribution in [0.4, 0.5) is 0 Å². The van der Waals surface area contributed by atoms with E-state index < -0.39 is 5.97 Å². The monoisotopic (exact) mass is 341 g/mol.